The zero-order chi connectivity index (χ0) is 18.4. The maximum atomic E-state index is 13.1. The molecule has 3 rings (SSSR count). The summed E-state index contributed by atoms with van der Waals surface area (Å²) in [5.41, 5.74) is 2.27. The Morgan fingerprint density at radius 2 is 1.80 bits per heavy atom. The number of anilines is 1. The minimum absolute atomic E-state index is 0.0467. The summed E-state index contributed by atoms with van der Waals surface area (Å²) in [4.78, 5) is 15.5. The normalized spacial score (nSPS) is 18.6. The molecule has 4 nitrogen and oxygen atoms in total. The van der Waals surface area contributed by atoms with E-state index in [0.29, 0.717) is 17.3 Å². The van der Waals surface area contributed by atoms with Crippen LogP contribution in [0.3, 0.4) is 0 Å². The summed E-state index contributed by atoms with van der Waals surface area (Å²) in [5.74, 6) is 0.987. The number of rotatable bonds is 3. The maximum absolute atomic E-state index is 13.1. The van der Waals surface area contributed by atoms with Gasteiger partial charge in [0.05, 0.1) is 6.10 Å². The summed E-state index contributed by atoms with van der Waals surface area (Å²) in [6.07, 6.45) is 1.66. The van der Waals surface area contributed by atoms with Gasteiger partial charge in [0.2, 0.25) is 0 Å². The standard InChI is InChI=1S/C21H30N2O2/c1-6-23-19(22-9-7-21(4,5)8-10-22)13-17-16(15(3)24)11-14(2)12-18(17)20(23)25/h11-13,15,24H,6-10H2,1-5H3. The number of fused-ring (bicyclic) bond motifs is 1. The van der Waals surface area contributed by atoms with Gasteiger partial charge >= 0.3 is 0 Å². The highest BCUT2D eigenvalue weighted by Gasteiger charge is 2.27. The number of aliphatic hydroxyl groups is 1. The first-order valence-electron chi connectivity index (χ1n) is 9.34. The molecule has 2 heterocycles. The van der Waals surface area contributed by atoms with Crippen LogP contribution in [0.5, 0.6) is 0 Å². The van der Waals surface area contributed by atoms with Crippen molar-refractivity contribution in [3.8, 4) is 0 Å². The molecule has 4 heteroatoms. The van der Waals surface area contributed by atoms with E-state index in [-0.39, 0.29) is 5.56 Å². The van der Waals surface area contributed by atoms with Gasteiger partial charge in [0.1, 0.15) is 5.82 Å². The van der Waals surface area contributed by atoms with Crippen LogP contribution in [0.4, 0.5) is 5.82 Å². The van der Waals surface area contributed by atoms with Gasteiger partial charge < -0.3 is 10.0 Å². The minimum atomic E-state index is -0.590. The largest absolute Gasteiger partial charge is 0.389 e. The lowest BCUT2D eigenvalue weighted by Crippen LogP contribution is -2.40. The van der Waals surface area contributed by atoms with Crippen LogP contribution in [-0.2, 0) is 6.54 Å². The van der Waals surface area contributed by atoms with Crippen molar-refractivity contribution in [2.45, 2.75) is 60.1 Å². The average molecular weight is 342 g/mol. The van der Waals surface area contributed by atoms with E-state index >= 15 is 0 Å². The number of aryl methyl sites for hydroxylation is 1. The van der Waals surface area contributed by atoms with Gasteiger partial charge in [0.25, 0.3) is 5.56 Å². The van der Waals surface area contributed by atoms with Gasteiger partial charge in [-0.3, -0.25) is 9.36 Å². The Labute approximate surface area is 150 Å². The van der Waals surface area contributed by atoms with Crippen LogP contribution >= 0.6 is 0 Å². The lowest BCUT2D eigenvalue weighted by Gasteiger charge is -2.39. The Balaban J connectivity index is 2.20. The molecule has 2 aromatic rings. The van der Waals surface area contributed by atoms with Gasteiger partial charge in [-0.05, 0) is 67.7 Å². The Morgan fingerprint density at radius 1 is 1.16 bits per heavy atom. The summed E-state index contributed by atoms with van der Waals surface area (Å²) in [6.45, 7) is 13.0. The van der Waals surface area contributed by atoms with Crippen molar-refractivity contribution in [3.63, 3.8) is 0 Å². The van der Waals surface area contributed by atoms with Crippen molar-refractivity contribution in [2.75, 3.05) is 18.0 Å². The fourth-order valence-corrected chi connectivity index (χ4v) is 3.87. The smallest absolute Gasteiger partial charge is 0.259 e. The predicted octanol–water partition coefficient (Wildman–Crippen LogP) is 4.01. The molecule has 1 fully saturated rings. The third-order valence-electron chi connectivity index (χ3n) is 5.59. The van der Waals surface area contributed by atoms with Crippen molar-refractivity contribution in [2.24, 2.45) is 5.41 Å². The molecule has 1 unspecified atom stereocenters. The topological polar surface area (TPSA) is 45.5 Å². The zero-order valence-corrected chi connectivity index (χ0v) is 16.1. The molecule has 0 aliphatic carbocycles. The number of aromatic nitrogens is 1. The van der Waals surface area contributed by atoms with Crippen molar-refractivity contribution >= 4 is 16.6 Å². The van der Waals surface area contributed by atoms with Crippen LogP contribution < -0.4 is 10.5 Å². The van der Waals surface area contributed by atoms with Crippen LogP contribution in [0.15, 0.2) is 23.0 Å². The van der Waals surface area contributed by atoms with E-state index in [2.05, 4.69) is 24.8 Å². The third-order valence-corrected chi connectivity index (χ3v) is 5.59. The second-order valence-corrected chi connectivity index (χ2v) is 8.19. The van der Waals surface area contributed by atoms with Crippen LogP contribution in [0.1, 0.15) is 57.8 Å². The summed E-state index contributed by atoms with van der Waals surface area (Å²) in [6, 6.07) is 6.05. The lowest BCUT2D eigenvalue weighted by atomic mass is 9.82. The van der Waals surface area contributed by atoms with Crippen LogP contribution in [0, 0.1) is 12.3 Å². The molecule has 0 bridgehead atoms. The van der Waals surface area contributed by atoms with Crippen molar-refractivity contribution < 1.29 is 5.11 Å². The number of piperidine rings is 1. The summed E-state index contributed by atoms with van der Waals surface area (Å²) in [7, 11) is 0. The van der Waals surface area contributed by atoms with Crippen molar-refractivity contribution in [1.82, 2.24) is 4.57 Å². The predicted molar refractivity (Wildman–Crippen MR) is 104 cm³/mol. The second-order valence-electron chi connectivity index (χ2n) is 8.19. The van der Waals surface area contributed by atoms with Crippen molar-refractivity contribution in [1.29, 1.82) is 0 Å². The molecule has 1 atom stereocenters. The van der Waals surface area contributed by atoms with E-state index in [4.69, 9.17) is 0 Å². The number of benzene rings is 1. The van der Waals surface area contributed by atoms with Crippen molar-refractivity contribution in [3.05, 3.63) is 39.7 Å². The van der Waals surface area contributed by atoms with Crippen LogP contribution in [0.2, 0.25) is 0 Å². The second kappa shape index (κ2) is 6.49. The Bertz CT molecular complexity index is 839. The molecule has 0 radical (unpaired) electrons. The highest BCUT2D eigenvalue weighted by molar-refractivity contribution is 5.88. The molecule has 25 heavy (non-hydrogen) atoms. The first-order valence-corrected chi connectivity index (χ1v) is 9.34. The zero-order valence-electron chi connectivity index (χ0n) is 16.1. The van der Waals surface area contributed by atoms with Crippen LogP contribution in [-0.4, -0.2) is 22.8 Å². The van der Waals surface area contributed by atoms with E-state index in [9.17, 15) is 9.90 Å². The number of hydrogen-bond donors (Lipinski definition) is 1. The Kier molecular flexibility index (Phi) is 4.67. The van der Waals surface area contributed by atoms with Crippen LogP contribution in [0.25, 0.3) is 10.8 Å². The van der Waals surface area contributed by atoms with Gasteiger partial charge in [0.15, 0.2) is 0 Å². The number of nitrogens with zero attached hydrogens (tertiary/aromatic N) is 2. The van der Waals surface area contributed by atoms with E-state index < -0.39 is 6.10 Å². The molecule has 1 aromatic heterocycles. The Morgan fingerprint density at radius 3 is 2.36 bits per heavy atom. The number of hydrogen-bond acceptors (Lipinski definition) is 3. The van der Waals surface area contributed by atoms with E-state index in [1.165, 1.54) is 0 Å². The average Bonchev–Trinajstić information content (AvgIpc) is 2.54. The molecule has 1 saturated heterocycles. The number of aliphatic hydroxyl groups excluding tert-OH is 1. The first-order chi connectivity index (χ1) is 11.7. The highest BCUT2D eigenvalue weighted by atomic mass is 16.3. The number of pyridine rings is 1. The molecular formula is C21H30N2O2. The summed E-state index contributed by atoms with van der Waals surface area (Å²) in [5, 5.41) is 11.8. The molecule has 1 aliphatic rings. The third kappa shape index (κ3) is 3.32. The molecule has 0 saturated carbocycles. The van der Waals surface area contributed by atoms with E-state index in [1.807, 2.05) is 30.5 Å². The quantitative estimate of drug-likeness (QED) is 0.917. The molecular weight excluding hydrogens is 312 g/mol. The molecule has 0 spiro atoms. The van der Waals surface area contributed by atoms with Gasteiger partial charge in [-0.25, -0.2) is 0 Å². The monoisotopic (exact) mass is 342 g/mol. The molecule has 1 aromatic carbocycles. The van der Waals surface area contributed by atoms with E-state index in [0.717, 1.165) is 48.3 Å². The molecule has 136 valence electrons. The molecule has 1 aliphatic heterocycles. The summed E-state index contributed by atoms with van der Waals surface area (Å²) < 4.78 is 1.88. The lowest BCUT2D eigenvalue weighted by molar-refractivity contribution is 0.201. The molecule has 0 amide bonds. The van der Waals surface area contributed by atoms with Gasteiger partial charge in [-0.1, -0.05) is 19.9 Å². The summed E-state index contributed by atoms with van der Waals surface area (Å²) >= 11 is 0. The first kappa shape index (κ1) is 18.0. The minimum Gasteiger partial charge on any atom is -0.389 e. The van der Waals surface area contributed by atoms with E-state index in [1.54, 1.807) is 6.92 Å². The van der Waals surface area contributed by atoms with Gasteiger partial charge in [-0.2, -0.15) is 0 Å². The van der Waals surface area contributed by atoms with Gasteiger partial charge in [-0.15, -0.1) is 0 Å². The van der Waals surface area contributed by atoms with Gasteiger partial charge in [0, 0.05) is 25.0 Å². The fourth-order valence-electron chi connectivity index (χ4n) is 3.87. The Hall–Kier alpha value is -1.81. The SMILES string of the molecule is CCn1c(N2CCC(C)(C)CC2)cc2c(C(C)O)cc(C)cc2c1=O. The molecule has 1 N–H and O–H groups in total. The maximum Gasteiger partial charge on any atom is 0.259 e. The highest BCUT2D eigenvalue weighted by Crippen LogP contribution is 2.34. The fraction of sp³-hybridized carbons (Fsp3) is 0.571.